The highest BCUT2D eigenvalue weighted by Crippen LogP contribution is 2.25. The number of benzene rings is 1. The second-order valence-corrected chi connectivity index (χ2v) is 4.14. The van der Waals surface area contributed by atoms with Gasteiger partial charge in [-0.1, -0.05) is 5.16 Å². The third kappa shape index (κ3) is 4.10. The quantitative estimate of drug-likeness (QED) is 0.870. The van der Waals surface area contributed by atoms with E-state index in [0.717, 1.165) is 0 Å². The third-order valence-corrected chi connectivity index (χ3v) is 2.58. The Balaban J connectivity index is 1.95. The maximum absolute atomic E-state index is 11.8. The molecule has 2 amide bonds. The Labute approximate surface area is 121 Å². The number of methoxy groups -OCH3 is 2. The van der Waals surface area contributed by atoms with Crippen LogP contribution in [0.25, 0.3) is 0 Å². The van der Waals surface area contributed by atoms with Crippen molar-refractivity contribution in [2.75, 3.05) is 19.5 Å². The van der Waals surface area contributed by atoms with Gasteiger partial charge in [-0.05, 0) is 6.92 Å². The number of hydrogen-bond donors (Lipinski definition) is 2. The first kappa shape index (κ1) is 14.6. The molecule has 2 rings (SSSR count). The number of amides is 2. The Morgan fingerprint density at radius 3 is 2.43 bits per heavy atom. The molecule has 112 valence electrons. The predicted octanol–water partition coefficient (Wildman–Crippen LogP) is 1.72. The molecule has 1 aromatic carbocycles. The summed E-state index contributed by atoms with van der Waals surface area (Å²) < 4.78 is 15.1. The van der Waals surface area contributed by atoms with Gasteiger partial charge in [0.15, 0.2) is 5.82 Å². The van der Waals surface area contributed by atoms with Crippen molar-refractivity contribution in [3.05, 3.63) is 29.9 Å². The van der Waals surface area contributed by atoms with Crippen molar-refractivity contribution in [1.82, 2.24) is 15.5 Å². The number of aromatic nitrogens is 2. The SMILES string of the molecule is COc1cc(NC(=O)NCc2nc(C)no2)cc(OC)c1. The van der Waals surface area contributed by atoms with Crippen LogP contribution in [0, 0.1) is 6.92 Å². The van der Waals surface area contributed by atoms with Crippen molar-refractivity contribution in [1.29, 1.82) is 0 Å². The Bertz CT molecular complexity index is 604. The van der Waals surface area contributed by atoms with E-state index in [9.17, 15) is 4.79 Å². The van der Waals surface area contributed by atoms with Crippen LogP contribution in [0.2, 0.25) is 0 Å². The summed E-state index contributed by atoms with van der Waals surface area (Å²) in [7, 11) is 3.08. The van der Waals surface area contributed by atoms with E-state index in [0.29, 0.717) is 28.9 Å². The fourth-order valence-corrected chi connectivity index (χ4v) is 1.62. The van der Waals surface area contributed by atoms with E-state index < -0.39 is 6.03 Å². The number of nitrogens with one attached hydrogen (secondary N) is 2. The molecule has 0 spiro atoms. The molecule has 0 aliphatic carbocycles. The van der Waals surface area contributed by atoms with Gasteiger partial charge in [0.1, 0.15) is 11.5 Å². The van der Waals surface area contributed by atoms with Crippen LogP contribution in [-0.2, 0) is 6.54 Å². The molecule has 0 aliphatic rings. The van der Waals surface area contributed by atoms with Crippen LogP contribution >= 0.6 is 0 Å². The van der Waals surface area contributed by atoms with E-state index in [4.69, 9.17) is 14.0 Å². The topological polar surface area (TPSA) is 98.5 Å². The fourth-order valence-electron chi connectivity index (χ4n) is 1.62. The minimum absolute atomic E-state index is 0.147. The van der Waals surface area contributed by atoms with Gasteiger partial charge in [-0.2, -0.15) is 4.98 Å². The molecule has 2 N–H and O–H groups in total. The van der Waals surface area contributed by atoms with Crippen molar-refractivity contribution in [2.24, 2.45) is 0 Å². The third-order valence-electron chi connectivity index (χ3n) is 2.58. The summed E-state index contributed by atoms with van der Waals surface area (Å²) >= 11 is 0. The summed E-state index contributed by atoms with van der Waals surface area (Å²) in [6, 6.07) is 4.67. The zero-order valence-electron chi connectivity index (χ0n) is 12.0. The predicted molar refractivity (Wildman–Crippen MR) is 74.4 cm³/mol. The van der Waals surface area contributed by atoms with Crippen LogP contribution in [0.1, 0.15) is 11.7 Å². The normalized spacial score (nSPS) is 10.0. The molecular weight excluding hydrogens is 276 g/mol. The molecule has 0 unspecified atom stereocenters. The number of aryl methyl sites for hydroxylation is 1. The summed E-state index contributed by atoms with van der Waals surface area (Å²) in [5.74, 6) is 2.02. The fraction of sp³-hybridized carbons (Fsp3) is 0.308. The van der Waals surface area contributed by atoms with Gasteiger partial charge in [-0.15, -0.1) is 0 Å². The van der Waals surface area contributed by atoms with Gasteiger partial charge in [-0.25, -0.2) is 4.79 Å². The molecule has 0 aliphatic heterocycles. The first-order chi connectivity index (χ1) is 10.1. The van der Waals surface area contributed by atoms with Gasteiger partial charge in [0.05, 0.1) is 20.8 Å². The number of rotatable bonds is 5. The number of carbonyl (C=O) groups excluding carboxylic acids is 1. The average Bonchev–Trinajstić information content (AvgIpc) is 2.90. The van der Waals surface area contributed by atoms with E-state index in [1.807, 2.05) is 0 Å². The number of carbonyl (C=O) groups is 1. The van der Waals surface area contributed by atoms with E-state index >= 15 is 0 Å². The Hall–Kier alpha value is -2.77. The molecular formula is C13H16N4O4. The Kier molecular flexibility index (Phi) is 4.60. The second kappa shape index (κ2) is 6.60. The Morgan fingerprint density at radius 2 is 1.90 bits per heavy atom. The lowest BCUT2D eigenvalue weighted by atomic mass is 10.3. The molecule has 0 saturated heterocycles. The lowest BCUT2D eigenvalue weighted by Gasteiger charge is -2.10. The van der Waals surface area contributed by atoms with Crippen molar-refractivity contribution in [2.45, 2.75) is 13.5 Å². The van der Waals surface area contributed by atoms with Crippen LogP contribution in [0.15, 0.2) is 22.7 Å². The zero-order valence-corrected chi connectivity index (χ0v) is 12.0. The van der Waals surface area contributed by atoms with Crippen molar-refractivity contribution in [3.8, 4) is 11.5 Å². The maximum Gasteiger partial charge on any atom is 0.319 e. The first-order valence-corrected chi connectivity index (χ1v) is 6.18. The van der Waals surface area contributed by atoms with Gasteiger partial charge in [0, 0.05) is 23.9 Å². The van der Waals surface area contributed by atoms with Crippen LogP contribution in [0.4, 0.5) is 10.5 Å². The van der Waals surface area contributed by atoms with E-state index in [1.165, 1.54) is 14.2 Å². The maximum atomic E-state index is 11.8. The van der Waals surface area contributed by atoms with Gasteiger partial charge in [-0.3, -0.25) is 0 Å². The monoisotopic (exact) mass is 292 g/mol. The molecule has 1 aromatic heterocycles. The minimum atomic E-state index is -0.402. The number of nitrogens with zero attached hydrogens (tertiary/aromatic N) is 2. The standard InChI is InChI=1S/C13H16N4O4/c1-8-15-12(21-17-8)7-14-13(18)16-9-4-10(19-2)6-11(5-9)20-3/h4-6H,7H2,1-3H3,(H2,14,16,18). The highest BCUT2D eigenvalue weighted by Gasteiger charge is 2.08. The second-order valence-electron chi connectivity index (χ2n) is 4.14. The molecule has 0 saturated carbocycles. The zero-order chi connectivity index (χ0) is 15.2. The molecule has 21 heavy (non-hydrogen) atoms. The number of hydrogen-bond acceptors (Lipinski definition) is 6. The molecule has 0 atom stereocenters. The molecule has 0 radical (unpaired) electrons. The highest BCUT2D eigenvalue weighted by atomic mass is 16.5. The Morgan fingerprint density at radius 1 is 1.24 bits per heavy atom. The molecule has 0 bridgehead atoms. The summed E-state index contributed by atoms with van der Waals surface area (Å²) in [5.41, 5.74) is 0.547. The minimum Gasteiger partial charge on any atom is -0.497 e. The smallest absolute Gasteiger partial charge is 0.319 e. The van der Waals surface area contributed by atoms with Crippen LogP contribution < -0.4 is 20.1 Å². The first-order valence-electron chi connectivity index (χ1n) is 6.18. The molecule has 8 nitrogen and oxygen atoms in total. The van der Waals surface area contributed by atoms with Crippen LogP contribution in [0.3, 0.4) is 0 Å². The molecule has 0 fully saturated rings. The van der Waals surface area contributed by atoms with Crippen LogP contribution in [-0.4, -0.2) is 30.4 Å². The number of urea groups is 1. The lowest BCUT2D eigenvalue weighted by molar-refractivity contribution is 0.249. The molecule has 1 heterocycles. The molecule has 2 aromatic rings. The summed E-state index contributed by atoms with van der Waals surface area (Å²) in [5, 5.41) is 8.91. The van der Waals surface area contributed by atoms with Crippen LogP contribution in [0.5, 0.6) is 11.5 Å². The van der Waals surface area contributed by atoms with Crippen molar-refractivity contribution < 1.29 is 18.8 Å². The summed E-state index contributed by atoms with van der Waals surface area (Å²) in [6.07, 6.45) is 0. The highest BCUT2D eigenvalue weighted by molar-refractivity contribution is 5.89. The summed E-state index contributed by atoms with van der Waals surface area (Å²) in [6.45, 7) is 1.85. The molecule has 8 heteroatoms. The lowest BCUT2D eigenvalue weighted by Crippen LogP contribution is -2.28. The number of anilines is 1. The van der Waals surface area contributed by atoms with E-state index in [1.54, 1.807) is 25.1 Å². The van der Waals surface area contributed by atoms with Gasteiger partial charge < -0.3 is 24.6 Å². The van der Waals surface area contributed by atoms with E-state index in [2.05, 4.69) is 20.8 Å². The summed E-state index contributed by atoms with van der Waals surface area (Å²) in [4.78, 5) is 15.8. The van der Waals surface area contributed by atoms with E-state index in [-0.39, 0.29) is 6.54 Å². The van der Waals surface area contributed by atoms with Gasteiger partial charge >= 0.3 is 6.03 Å². The largest absolute Gasteiger partial charge is 0.497 e. The number of ether oxygens (including phenoxy) is 2. The van der Waals surface area contributed by atoms with Crippen molar-refractivity contribution >= 4 is 11.7 Å². The average molecular weight is 292 g/mol. The van der Waals surface area contributed by atoms with Crippen molar-refractivity contribution in [3.63, 3.8) is 0 Å². The van der Waals surface area contributed by atoms with Gasteiger partial charge in [0.25, 0.3) is 0 Å². The van der Waals surface area contributed by atoms with Gasteiger partial charge in [0.2, 0.25) is 5.89 Å².